The second-order valence-corrected chi connectivity index (χ2v) is 22.7. The van der Waals surface area contributed by atoms with E-state index < -0.39 is 148 Å². The Morgan fingerprint density at radius 2 is 1.58 bits per heavy atom. The third kappa shape index (κ3) is 10.2. The van der Waals surface area contributed by atoms with Crippen molar-refractivity contribution in [3.05, 3.63) is 93.0 Å². The van der Waals surface area contributed by atoms with Gasteiger partial charge in [0, 0.05) is 40.6 Å². The molecule has 0 radical (unpaired) electrons. The Morgan fingerprint density at radius 1 is 0.957 bits per heavy atom. The predicted octanol–water partition coefficient (Wildman–Crippen LogP) is 7.51. The number of aryl methyl sites for hydroxylation is 1. The topological polar surface area (TPSA) is 192 Å². The molecule has 27 heteroatoms. The van der Waals surface area contributed by atoms with Gasteiger partial charge in [0.05, 0.1) is 44.7 Å². The molecule has 7 rings (SSSR count). The Bertz CT molecular complexity index is 3120. The molecule has 0 spiro atoms. The predicted molar refractivity (Wildman–Crippen MR) is 230 cm³/mol. The van der Waals surface area contributed by atoms with Crippen molar-refractivity contribution >= 4 is 60.0 Å². The first-order valence-electron chi connectivity index (χ1n) is 20.7. The number of benzene rings is 2. The number of carbonyl (C=O) groups is 2. The van der Waals surface area contributed by atoms with Crippen molar-refractivity contribution in [1.29, 1.82) is 0 Å². The quantitative estimate of drug-likeness (QED) is 0.0992. The van der Waals surface area contributed by atoms with Crippen LogP contribution in [0, 0.1) is 17.6 Å². The zero-order valence-corrected chi connectivity index (χ0v) is 39.2. The van der Waals surface area contributed by atoms with Crippen LogP contribution in [-0.2, 0) is 67.5 Å². The van der Waals surface area contributed by atoms with Crippen molar-refractivity contribution in [1.82, 2.24) is 29.9 Å². The summed E-state index contributed by atoms with van der Waals surface area (Å²) in [5, 5.41) is 8.80. The summed E-state index contributed by atoms with van der Waals surface area (Å²) in [5.41, 5.74) is 0.637. The second-order valence-electron chi connectivity index (χ2n) is 17.8. The van der Waals surface area contributed by atoms with Crippen LogP contribution >= 0.6 is 11.6 Å². The van der Waals surface area contributed by atoms with E-state index in [0.29, 0.717) is 17.0 Å². The highest BCUT2D eigenvalue weighted by atomic mass is 35.5. The molecule has 2 aliphatic rings. The molecule has 2 amide bonds. The average molecular weight is 1040 g/mol. The number of aromatic nitrogens is 5. The summed E-state index contributed by atoms with van der Waals surface area (Å²) in [5.74, 6) is -12.2. The molecule has 4 atom stereocenters. The fourth-order valence-electron chi connectivity index (χ4n) is 8.43. The standard InChI is InChI=1S/C42H41ClF10N8O6S2/c1-19(54)38(63)61(69(5,66)67)37-32-28(43)9-8-25(34(32)60(58-37)18-40(46,47)48)24-7-6-23(10-11-39(2,3)68(4,64)65)55-33(24)29(14-20-12-21(44)15-22(45)13-20)56-30(62)17-59-36-31(35(57-59)42(51,52)53)26-16-27(26)41(36,49)50/h6-9,12-13,15,19,26-27,29H,10-11,14,16-18,54H2,1-5H3,(H,56,62)/t19-,26?,27+,29-/m0/s1. The van der Waals surface area contributed by atoms with E-state index in [2.05, 4.69) is 20.5 Å². The molecule has 2 aliphatic carbocycles. The molecule has 0 aliphatic heterocycles. The van der Waals surface area contributed by atoms with E-state index >= 15 is 8.78 Å². The minimum atomic E-state index is -5.20. The Kier molecular flexibility index (Phi) is 13.1. The van der Waals surface area contributed by atoms with Gasteiger partial charge in [-0.1, -0.05) is 23.7 Å². The summed E-state index contributed by atoms with van der Waals surface area (Å²) in [7, 11) is -8.45. The van der Waals surface area contributed by atoms with E-state index in [0.717, 1.165) is 37.4 Å². The van der Waals surface area contributed by atoms with Gasteiger partial charge in [0.1, 0.15) is 30.4 Å². The van der Waals surface area contributed by atoms with Gasteiger partial charge >= 0.3 is 12.4 Å². The lowest BCUT2D eigenvalue weighted by atomic mass is 9.93. The molecule has 69 heavy (non-hydrogen) atoms. The Hall–Kier alpha value is -5.34. The number of carbonyl (C=O) groups excluding carboxylic acids is 2. The van der Waals surface area contributed by atoms with Crippen molar-refractivity contribution in [3.63, 3.8) is 0 Å². The summed E-state index contributed by atoms with van der Waals surface area (Å²) in [6, 6.07) is 3.74. The first-order chi connectivity index (χ1) is 31.6. The van der Waals surface area contributed by atoms with Crippen molar-refractivity contribution in [2.75, 3.05) is 16.8 Å². The lowest BCUT2D eigenvalue weighted by Gasteiger charge is -2.25. The average Bonchev–Trinajstić information content (AvgIpc) is 3.71. The Balaban J connectivity index is 1.47. The number of fused-ring (bicyclic) bond motifs is 4. The van der Waals surface area contributed by atoms with Gasteiger partial charge in [-0.3, -0.25) is 23.9 Å². The zero-order chi connectivity index (χ0) is 51.3. The van der Waals surface area contributed by atoms with Gasteiger partial charge in [-0.05, 0) is 82.2 Å². The number of sulfonamides is 1. The molecular formula is C42H41ClF10N8O6S2. The van der Waals surface area contributed by atoms with E-state index in [1.165, 1.54) is 26.0 Å². The van der Waals surface area contributed by atoms with Crippen LogP contribution in [0.25, 0.3) is 22.0 Å². The number of nitrogens with one attached hydrogen (secondary N) is 1. The van der Waals surface area contributed by atoms with Crippen LogP contribution in [-0.4, -0.2) is 82.7 Å². The van der Waals surface area contributed by atoms with Gasteiger partial charge in [0.15, 0.2) is 21.3 Å². The van der Waals surface area contributed by atoms with Crippen LogP contribution in [0.1, 0.15) is 79.5 Å². The van der Waals surface area contributed by atoms with Crippen LogP contribution in [0.2, 0.25) is 5.02 Å². The molecule has 0 bridgehead atoms. The third-order valence-corrected chi connectivity index (χ3v) is 15.6. The normalized spacial score (nSPS) is 17.9. The van der Waals surface area contributed by atoms with Gasteiger partial charge in [-0.2, -0.15) is 49.6 Å². The van der Waals surface area contributed by atoms with Crippen LogP contribution in [0.3, 0.4) is 0 Å². The summed E-state index contributed by atoms with van der Waals surface area (Å²) in [6.07, 6.45) is -9.91. The number of sulfone groups is 1. The molecule has 1 unspecified atom stereocenters. The number of hydrogen-bond acceptors (Lipinski definition) is 10. The van der Waals surface area contributed by atoms with Gasteiger partial charge in [-0.15, -0.1) is 0 Å². The molecule has 3 heterocycles. The Labute approximate surface area is 392 Å². The van der Waals surface area contributed by atoms with E-state index in [4.69, 9.17) is 17.3 Å². The fourth-order valence-corrected chi connectivity index (χ4v) is 10.1. The van der Waals surface area contributed by atoms with Crippen LogP contribution < -0.4 is 15.4 Å². The number of nitrogens with zero attached hydrogens (tertiary/aromatic N) is 6. The molecule has 14 nitrogen and oxygen atoms in total. The lowest BCUT2D eigenvalue weighted by molar-refractivity contribution is -0.143. The molecule has 374 valence electrons. The molecule has 3 N–H and O–H groups in total. The summed E-state index contributed by atoms with van der Waals surface area (Å²) in [4.78, 5) is 32.2. The van der Waals surface area contributed by atoms with Crippen molar-refractivity contribution in [2.24, 2.45) is 11.7 Å². The maximum Gasteiger partial charge on any atom is 0.435 e. The first kappa shape index (κ1) is 51.5. The number of rotatable bonds is 15. The highest BCUT2D eigenvalue weighted by Crippen LogP contribution is 2.68. The third-order valence-electron chi connectivity index (χ3n) is 12.0. The van der Waals surface area contributed by atoms with Crippen LogP contribution in [0.4, 0.5) is 49.7 Å². The number of anilines is 1. The lowest BCUT2D eigenvalue weighted by Crippen LogP contribution is -2.45. The monoisotopic (exact) mass is 1040 g/mol. The smallest absolute Gasteiger partial charge is 0.346 e. The minimum Gasteiger partial charge on any atom is -0.346 e. The molecule has 3 aromatic heterocycles. The minimum absolute atomic E-state index is 0.0641. The first-order valence-corrected chi connectivity index (χ1v) is 24.8. The number of hydrogen-bond donors (Lipinski definition) is 2. The SMILES string of the molecule is C[C@H](N)C(=O)N(c1nn(CC(F)(F)F)c2c(-c3ccc(CCC(C)(C)S(C)(=O)=O)nc3[C@H](Cc3cc(F)cc(F)c3)NC(=O)Cn3nc(C(F)(F)F)c4c3C(F)(F)[C@@H]3CC43)ccc(Cl)c12)S(C)(=O)=O. The van der Waals surface area contributed by atoms with E-state index in [1.807, 2.05) is 0 Å². The molecule has 1 fully saturated rings. The van der Waals surface area contributed by atoms with E-state index in [1.54, 1.807) is 0 Å². The van der Waals surface area contributed by atoms with Gasteiger partial charge in [0.2, 0.25) is 15.9 Å². The number of alkyl halides is 8. The highest BCUT2D eigenvalue weighted by Gasteiger charge is 2.68. The van der Waals surface area contributed by atoms with Gasteiger partial charge < -0.3 is 11.1 Å². The molecule has 2 aromatic carbocycles. The van der Waals surface area contributed by atoms with Crippen molar-refractivity contribution < 1.29 is 70.3 Å². The summed E-state index contributed by atoms with van der Waals surface area (Å²) < 4.78 is 197. The van der Waals surface area contributed by atoms with Crippen molar-refractivity contribution in [2.45, 2.75) is 101 Å². The van der Waals surface area contributed by atoms with Crippen molar-refractivity contribution in [3.8, 4) is 11.1 Å². The number of amides is 2. The largest absolute Gasteiger partial charge is 0.435 e. The molecule has 1 saturated carbocycles. The highest BCUT2D eigenvalue weighted by molar-refractivity contribution is 7.93. The summed E-state index contributed by atoms with van der Waals surface area (Å²) >= 11 is 6.59. The second kappa shape index (κ2) is 17.5. The number of pyridine rings is 1. The maximum atomic E-state index is 15.6. The zero-order valence-electron chi connectivity index (χ0n) is 36.8. The number of halogens is 11. The number of nitrogens with two attached hydrogens (primary N) is 1. The van der Waals surface area contributed by atoms with Crippen LogP contribution in [0.15, 0.2) is 42.5 Å². The van der Waals surface area contributed by atoms with E-state index in [-0.39, 0.29) is 56.3 Å². The molecule has 0 saturated heterocycles. The van der Waals surface area contributed by atoms with Gasteiger partial charge in [0.25, 0.3) is 11.8 Å². The molecular weight excluding hydrogens is 1000 g/mol. The van der Waals surface area contributed by atoms with E-state index in [9.17, 15) is 61.5 Å². The Morgan fingerprint density at radius 3 is 2.14 bits per heavy atom. The maximum absolute atomic E-state index is 15.6. The fraction of sp³-hybridized carbons (Fsp3) is 0.452. The van der Waals surface area contributed by atoms with Crippen LogP contribution in [0.5, 0.6) is 0 Å². The van der Waals surface area contributed by atoms with Gasteiger partial charge in [-0.25, -0.2) is 25.6 Å². The molecule has 5 aromatic rings. The summed E-state index contributed by atoms with van der Waals surface area (Å²) in [6.45, 7) is 0.720.